The van der Waals surface area contributed by atoms with Gasteiger partial charge in [-0.1, -0.05) is 6.07 Å². The van der Waals surface area contributed by atoms with E-state index >= 15 is 0 Å². The van der Waals surface area contributed by atoms with E-state index in [-0.39, 0.29) is 16.9 Å². The van der Waals surface area contributed by atoms with Crippen LogP contribution < -0.4 is 19.5 Å². The van der Waals surface area contributed by atoms with Gasteiger partial charge in [0.1, 0.15) is 11.3 Å². The average Bonchev–Trinajstić information content (AvgIpc) is 2.77. The highest BCUT2D eigenvalue weighted by atomic mass is 16.5. The summed E-state index contributed by atoms with van der Waals surface area (Å²) < 4.78 is 25.3. The number of rotatable bonds is 8. The van der Waals surface area contributed by atoms with Gasteiger partial charge in [-0.3, -0.25) is 4.79 Å². The molecule has 0 spiro atoms. The number of hydrogen-bond acceptors (Lipinski definition) is 8. The fourth-order valence-corrected chi connectivity index (χ4v) is 2.59. The van der Waals surface area contributed by atoms with Crippen molar-refractivity contribution in [3.05, 3.63) is 47.0 Å². The minimum Gasteiger partial charge on any atom is -0.496 e. The van der Waals surface area contributed by atoms with Crippen LogP contribution in [0.3, 0.4) is 0 Å². The minimum atomic E-state index is -0.775. The van der Waals surface area contributed by atoms with Crippen molar-refractivity contribution in [1.29, 1.82) is 0 Å². The number of carbonyl (C=O) groups excluding carboxylic acids is 3. The predicted octanol–water partition coefficient (Wildman–Crippen LogP) is 2.60. The second-order valence-electron chi connectivity index (χ2n) is 6.05. The Balaban J connectivity index is 2.10. The van der Waals surface area contributed by atoms with Crippen molar-refractivity contribution in [3.8, 4) is 17.2 Å². The van der Waals surface area contributed by atoms with E-state index in [1.165, 1.54) is 46.6 Å². The summed E-state index contributed by atoms with van der Waals surface area (Å²) in [7, 11) is 5.54. The molecule has 0 unspecified atom stereocenters. The third-order valence-electron chi connectivity index (χ3n) is 4.19. The highest BCUT2D eigenvalue weighted by Gasteiger charge is 2.20. The number of aryl methyl sites for hydroxylation is 1. The van der Waals surface area contributed by atoms with Gasteiger partial charge < -0.3 is 29.0 Å². The van der Waals surface area contributed by atoms with Crippen LogP contribution in [0.25, 0.3) is 0 Å². The lowest BCUT2D eigenvalue weighted by atomic mass is 10.1. The van der Waals surface area contributed by atoms with E-state index in [0.29, 0.717) is 17.2 Å². The first-order valence-electron chi connectivity index (χ1n) is 8.80. The minimum absolute atomic E-state index is 0.0758. The molecule has 2 aromatic rings. The Morgan fingerprint density at radius 3 is 2.07 bits per heavy atom. The zero-order chi connectivity index (χ0) is 22.3. The van der Waals surface area contributed by atoms with Crippen LogP contribution in [0.15, 0.2) is 30.3 Å². The summed E-state index contributed by atoms with van der Waals surface area (Å²) in [4.78, 5) is 36.4. The van der Waals surface area contributed by atoms with Gasteiger partial charge in [-0.05, 0) is 24.6 Å². The molecule has 0 radical (unpaired) electrons. The third kappa shape index (κ3) is 5.19. The monoisotopic (exact) mass is 417 g/mol. The molecule has 0 bridgehead atoms. The van der Waals surface area contributed by atoms with Crippen molar-refractivity contribution in [2.45, 2.75) is 6.92 Å². The molecular weight excluding hydrogens is 394 g/mol. The van der Waals surface area contributed by atoms with Gasteiger partial charge in [0, 0.05) is 17.8 Å². The summed E-state index contributed by atoms with van der Waals surface area (Å²) in [6.45, 7) is 1.22. The van der Waals surface area contributed by atoms with Crippen LogP contribution in [0.5, 0.6) is 17.2 Å². The first-order valence-corrected chi connectivity index (χ1v) is 8.80. The number of carbonyl (C=O) groups is 3. The number of hydrogen-bond donors (Lipinski definition) is 1. The first kappa shape index (κ1) is 22.5. The Morgan fingerprint density at radius 2 is 1.47 bits per heavy atom. The van der Waals surface area contributed by atoms with E-state index in [2.05, 4.69) is 10.1 Å². The summed E-state index contributed by atoms with van der Waals surface area (Å²) in [5, 5.41) is 2.61. The molecule has 0 saturated carbocycles. The number of esters is 2. The van der Waals surface area contributed by atoms with Gasteiger partial charge in [0.15, 0.2) is 18.1 Å². The zero-order valence-electron chi connectivity index (χ0n) is 17.4. The Labute approximate surface area is 173 Å². The van der Waals surface area contributed by atoms with E-state index in [4.69, 9.17) is 18.9 Å². The first-order chi connectivity index (χ1) is 14.3. The van der Waals surface area contributed by atoms with Crippen molar-refractivity contribution < 1.29 is 38.1 Å². The Hall–Kier alpha value is -3.75. The van der Waals surface area contributed by atoms with Gasteiger partial charge in [-0.2, -0.15) is 0 Å². The molecule has 2 rings (SSSR count). The average molecular weight is 417 g/mol. The highest BCUT2D eigenvalue weighted by molar-refractivity contribution is 5.98. The normalized spacial score (nSPS) is 10.0. The molecule has 1 amide bonds. The lowest BCUT2D eigenvalue weighted by Crippen LogP contribution is -2.22. The summed E-state index contributed by atoms with van der Waals surface area (Å²) in [5.41, 5.74) is 1.49. The lowest BCUT2D eigenvalue weighted by molar-refractivity contribution is -0.119. The smallest absolute Gasteiger partial charge is 0.342 e. The van der Waals surface area contributed by atoms with Crippen LogP contribution in [0.2, 0.25) is 0 Å². The molecular formula is C21H23NO8. The van der Waals surface area contributed by atoms with Crippen molar-refractivity contribution in [3.63, 3.8) is 0 Å². The quantitative estimate of drug-likeness (QED) is 0.653. The van der Waals surface area contributed by atoms with E-state index in [1.807, 2.05) is 0 Å². The number of ether oxygens (including phenoxy) is 5. The predicted molar refractivity (Wildman–Crippen MR) is 108 cm³/mol. The number of methoxy groups -OCH3 is 4. The molecule has 9 heteroatoms. The maximum Gasteiger partial charge on any atom is 0.342 e. The molecule has 0 heterocycles. The van der Waals surface area contributed by atoms with Crippen molar-refractivity contribution in [2.24, 2.45) is 0 Å². The van der Waals surface area contributed by atoms with E-state index < -0.39 is 24.5 Å². The fraction of sp³-hybridized carbons (Fsp3) is 0.286. The number of amides is 1. The molecule has 0 aliphatic rings. The summed E-state index contributed by atoms with van der Waals surface area (Å²) in [5.74, 6) is -0.984. The van der Waals surface area contributed by atoms with Gasteiger partial charge in [-0.25, -0.2) is 9.59 Å². The molecule has 0 fully saturated rings. The SMILES string of the molecule is COC(=O)c1ccc(C)c(NC(=O)COC(=O)c2cc(OC)c(OC)cc2OC)c1. The van der Waals surface area contributed by atoms with Gasteiger partial charge >= 0.3 is 11.9 Å². The number of anilines is 1. The van der Waals surface area contributed by atoms with Gasteiger partial charge in [0.2, 0.25) is 0 Å². The topological polar surface area (TPSA) is 109 Å². The van der Waals surface area contributed by atoms with E-state index in [1.54, 1.807) is 19.1 Å². The fourth-order valence-electron chi connectivity index (χ4n) is 2.59. The molecule has 9 nitrogen and oxygen atoms in total. The van der Waals surface area contributed by atoms with E-state index in [9.17, 15) is 14.4 Å². The van der Waals surface area contributed by atoms with E-state index in [0.717, 1.165) is 5.56 Å². The molecule has 0 aliphatic heterocycles. The van der Waals surface area contributed by atoms with Gasteiger partial charge in [-0.15, -0.1) is 0 Å². The van der Waals surface area contributed by atoms with Crippen LogP contribution in [0, 0.1) is 6.92 Å². The zero-order valence-corrected chi connectivity index (χ0v) is 17.4. The summed E-state index contributed by atoms with van der Waals surface area (Å²) in [6, 6.07) is 7.62. The van der Waals surface area contributed by atoms with Crippen LogP contribution >= 0.6 is 0 Å². The van der Waals surface area contributed by atoms with Crippen LogP contribution in [-0.4, -0.2) is 52.9 Å². The molecule has 0 saturated heterocycles. The Bertz CT molecular complexity index is 954. The second-order valence-corrected chi connectivity index (χ2v) is 6.05. The molecule has 160 valence electrons. The third-order valence-corrected chi connectivity index (χ3v) is 4.19. The van der Waals surface area contributed by atoms with Crippen LogP contribution in [0.1, 0.15) is 26.3 Å². The number of nitrogens with one attached hydrogen (secondary N) is 1. The highest BCUT2D eigenvalue weighted by Crippen LogP contribution is 2.34. The van der Waals surface area contributed by atoms with Gasteiger partial charge in [0.25, 0.3) is 5.91 Å². The van der Waals surface area contributed by atoms with Crippen molar-refractivity contribution in [1.82, 2.24) is 0 Å². The molecule has 2 aromatic carbocycles. The van der Waals surface area contributed by atoms with Crippen LogP contribution in [-0.2, 0) is 14.3 Å². The maximum atomic E-state index is 12.5. The standard InChI is InChI=1S/C21H23NO8/c1-12-6-7-13(20(24)29-5)8-15(12)22-19(23)11-30-21(25)14-9-17(27-3)18(28-4)10-16(14)26-2/h6-10H,11H2,1-5H3,(H,22,23). The molecule has 30 heavy (non-hydrogen) atoms. The second kappa shape index (κ2) is 10.1. The molecule has 0 aromatic heterocycles. The lowest BCUT2D eigenvalue weighted by Gasteiger charge is -2.14. The summed E-state index contributed by atoms with van der Waals surface area (Å²) >= 11 is 0. The maximum absolute atomic E-state index is 12.5. The van der Waals surface area contributed by atoms with Crippen molar-refractivity contribution >= 4 is 23.5 Å². The van der Waals surface area contributed by atoms with Gasteiger partial charge in [0.05, 0.1) is 34.0 Å². The molecule has 0 aliphatic carbocycles. The molecule has 1 N–H and O–H groups in total. The Morgan fingerprint density at radius 1 is 0.833 bits per heavy atom. The summed E-state index contributed by atoms with van der Waals surface area (Å²) in [6.07, 6.45) is 0. The number of benzene rings is 2. The van der Waals surface area contributed by atoms with Crippen LogP contribution in [0.4, 0.5) is 5.69 Å². The molecule has 0 atom stereocenters. The van der Waals surface area contributed by atoms with Crippen molar-refractivity contribution in [2.75, 3.05) is 40.4 Å². The largest absolute Gasteiger partial charge is 0.496 e. The Kier molecular flexibility index (Phi) is 7.62.